The van der Waals surface area contributed by atoms with E-state index in [9.17, 15) is 4.79 Å². The van der Waals surface area contributed by atoms with Gasteiger partial charge in [0.05, 0.1) is 7.11 Å². The van der Waals surface area contributed by atoms with Crippen LogP contribution in [-0.4, -0.2) is 25.6 Å². The number of benzene rings is 1. The summed E-state index contributed by atoms with van der Waals surface area (Å²) in [5, 5.41) is 6.44. The Morgan fingerprint density at radius 3 is 2.95 bits per heavy atom. The third kappa shape index (κ3) is 4.46. The zero-order valence-electron chi connectivity index (χ0n) is 13.2. The van der Waals surface area contributed by atoms with E-state index in [0.29, 0.717) is 19.0 Å². The van der Waals surface area contributed by atoms with E-state index in [0.717, 1.165) is 18.6 Å². The number of hydrogen-bond donors (Lipinski definition) is 2. The topological polar surface area (TPSA) is 50.4 Å². The highest BCUT2D eigenvalue weighted by Gasteiger charge is 2.20. The van der Waals surface area contributed by atoms with Gasteiger partial charge in [-0.2, -0.15) is 0 Å². The molecule has 1 aliphatic rings. The molecule has 0 saturated heterocycles. The van der Waals surface area contributed by atoms with Crippen molar-refractivity contribution in [1.82, 2.24) is 10.6 Å². The highest BCUT2D eigenvalue weighted by atomic mass is 16.5. The van der Waals surface area contributed by atoms with E-state index in [1.165, 1.54) is 17.5 Å². The number of methoxy groups -OCH3 is 1. The summed E-state index contributed by atoms with van der Waals surface area (Å²) in [5.74, 6) is 1.04. The van der Waals surface area contributed by atoms with Crippen LogP contribution < -0.4 is 15.4 Å². The SMILES string of the molecule is COc1ccc2c(c1)CCCC2NCCC(=O)NC(C)C. The van der Waals surface area contributed by atoms with Gasteiger partial charge in [-0.25, -0.2) is 0 Å². The minimum absolute atomic E-state index is 0.114. The summed E-state index contributed by atoms with van der Waals surface area (Å²) >= 11 is 0. The summed E-state index contributed by atoms with van der Waals surface area (Å²) in [6, 6.07) is 6.87. The van der Waals surface area contributed by atoms with Crippen LogP contribution in [0.4, 0.5) is 0 Å². The van der Waals surface area contributed by atoms with Crippen molar-refractivity contribution >= 4 is 5.91 Å². The van der Waals surface area contributed by atoms with E-state index in [1.807, 2.05) is 19.9 Å². The molecule has 1 aliphatic carbocycles. The standard InChI is InChI=1S/C17H26N2O2/c1-12(2)19-17(20)9-10-18-16-6-4-5-13-11-14(21-3)7-8-15(13)16/h7-8,11-12,16,18H,4-6,9-10H2,1-3H3,(H,19,20). The first-order valence-electron chi connectivity index (χ1n) is 7.79. The summed E-state index contributed by atoms with van der Waals surface area (Å²) in [5.41, 5.74) is 2.72. The largest absolute Gasteiger partial charge is 0.497 e. The molecule has 2 rings (SSSR count). The molecule has 0 radical (unpaired) electrons. The smallest absolute Gasteiger partial charge is 0.221 e. The van der Waals surface area contributed by atoms with E-state index in [4.69, 9.17) is 4.74 Å². The Morgan fingerprint density at radius 2 is 2.24 bits per heavy atom. The summed E-state index contributed by atoms with van der Waals surface area (Å²) in [6.07, 6.45) is 3.94. The zero-order valence-corrected chi connectivity index (χ0v) is 13.2. The van der Waals surface area contributed by atoms with Gasteiger partial charge in [0.15, 0.2) is 0 Å². The first-order valence-corrected chi connectivity index (χ1v) is 7.79. The number of fused-ring (bicyclic) bond motifs is 1. The van der Waals surface area contributed by atoms with Gasteiger partial charge in [0.1, 0.15) is 5.75 Å². The van der Waals surface area contributed by atoms with Crippen LogP contribution in [0.25, 0.3) is 0 Å². The molecule has 0 heterocycles. The second-order valence-corrected chi connectivity index (χ2v) is 5.94. The fourth-order valence-corrected chi connectivity index (χ4v) is 2.88. The molecular weight excluding hydrogens is 264 g/mol. The van der Waals surface area contributed by atoms with E-state index in [2.05, 4.69) is 22.8 Å². The Hall–Kier alpha value is -1.55. The van der Waals surface area contributed by atoms with Gasteiger partial charge in [-0.1, -0.05) is 6.07 Å². The summed E-state index contributed by atoms with van der Waals surface area (Å²) < 4.78 is 5.29. The molecular formula is C17H26N2O2. The number of nitrogens with one attached hydrogen (secondary N) is 2. The van der Waals surface area contributed by atoms with Crippen LogP contribution in [0.2, 0.25) is 0 Å². The van der Waals surface area contributed by atoms with E-state index >= 15 is 0 Å². The van der Waals surface area contributed by atoms with Gasteiger partial charge >= 0.3 is 0 Å². The molecule has 1 aromatic rings. The maximum Gasteiger partial charge on any atom is 0.221 e. The Bertz CT molecular complexity index is 486. The van der Waals surface area contributed by atoms with E-state index in [1.54, 1.807) is 7.11 Å². The highest BCUT2D eigenvalue weighted by Crippen LogP contribution is 2.32. The number of ether oxygens (including phenoxy) is 1. The number of hydrogen-bond acceptors (Lipinski definition) is 3. The number of rotatable bonds is 6. The van der Waals surface area contributed by atoms with Crippen LogP contribution in [0, 0.1) is 0 Å². The summed E-state index contributed by atoms with van der Waals surface area (Å²) in [6.45, 7) is 4.68. The summed E-state index contributed by atoms with van der Waals surface area (Å²) in [4.78, 5) is 11.7. The quantitative estimate of drug-likeness (QED) is 0.846. The minimum Gasteiger partial charge on any atom is -0.497 e. The van der Waals surface area contributed by atoms with Crippen LogP contribution >= 0.6 is 0 Å². The molecule has 0 aliphatic heterocycles. The van der Waals surface area contributed by atoms with Crippen LogP contribution in [0.5, 0.6) is 5.75 Å². The normalized spacial score (nSPS) is 17.4. The average Bonchev–Trinajstić information content (AvgIpc) is 2.46. The second kappa shape index (κ2) is 7.46. The van der Waals surface area contributed by atoms with Crippen molar-refractivity contribution in [3.8, 4) is 5.75 Å². The highest BCUT2D eigenvalue weighted by molar-refractivity contribution is 5.76. The maximum absolute atomic E-state index is 11.7. The van der Waals surface area contributed by atoms with Gasteiger partial charge in [-0.05, 0) is 56.4 Å². The molecule has 0 fully saturated rings. The molecule has 4 nitrogen and oxygen atoms in total. The fourth-order valence-electron chi connectivity index (χ4n) is 2.88. The lowest BCUT2D eigenvalue weighted by Crippen LogP contribution is -2.34. The number of carbonyl (C=O) groups excluding carboxylic acids is 1. The van der Waals surface area contributed by atoms with Gasteiger partial charge in [0, 0.05) is 25.0 Å². The lowest BCUT2D eigenvalue weighted by Gasteiger charge is -2.27. The van der Waals surface area contributed by atoms with Gasteiger partial charge in [-0.3, -0.25) is 4.79 Å². The fraction of sp³-hybridized carbons (Fsp3) is 0.588. The van der Waals surface area contributed by atoms with Crippen LogP contribution in [0.15, 0.2) is 18.2 Å². The lowest BCUT2D eigenvalue weighted by atomic mass is 9.87. The third-order valence-corrected chi connectivity index (χ3v) is 3.86. The predicted molar refractivity (Wildman–Crippen MR) is 84.6 cm³/mol. The molecule has 1 atom stereocenters. The van der Waals surface area contributed by atoms with Crippen molar-refractivity contribution in [3.63, 3.8) is 0 Å². The van der Waals surface area contributed by atoms with Crippen molar-refractivity contribution in [3.05, 3.63) is 29.3 Å². The third-order valence-electron chi connectivity index (χ3n) is 3.86. The average molecular weight is 290 g/mol. The van der Waals surface area contributed by atoms with Crippen molar-refractivity contribution < 1.29 is 9.53 Å². The molecule has 0 saturated carbocycles. The van der Waals surface area contributed by atoms with E-state index < -0.39 is 0 Å². The van der Waals surface area contributed by atoms with Gasteiger partial charge in [0.25, 0.3) is 0 Å². The van der Waals surface area contributed by atoms with Crippen molar-refractivity contribution in [2.45, 2.75) is 51.6 Å². The second-order valence-electron chi connectivity index (χ2n) is 5.94. The minimum atomic E-state index is 0.114. The van der Waals surface area contributed by atoms with Crippen LogP contribution in [0.3, 0.4) is 0 Å². The predicted octanol–water partition coefficient (Wildman–Crippen LogP) is 2.58. The van der Waals surface area contributed by atoms with E-state index in [-0.39, 0.29) is 11.9 Å². The Kier molecular flexibility index (Phi) is 5.62. The first kappa shape index (κ1) is 15.8. The Balaban J connectivity index is 1.90. The maximum atomic E-state index is 11.7. The Labute approximate surface area is 127 Å². The first-order chi connectivity index (χ1) is 10.1. The van der Waals surface area contributed by atoms with Gasteiger partial charge < -0.3 is 15.4 Å². The number of carbonyl (C=O) groups is 1. The molecule has 0 spiro atoms. The lowest BCUT2D eigenvalue weighted by molar-refractivity contribution is -0.121. The van der Waals surface area contributed by atoms with Crippen molar-refractivity contribution in [1.29, 1.82) is 0 Å². The van der Waals surface area contributed by atoms with Gasteiger partial charge in [0.2, 0.25) is 5.91 Å². The molecule has 0 aromatic heterocycles. The molecule has 1 aromatic carbocycles. The van der Waals surface area contributed by atoms with Crippen molar-refractivity contribution in [2.24, 2.45) is 0 Å². The summed E-state index contributed by atoms with van der Waals surface area (Å²) in [7, 11) is 1.70. The zero-order chi connectivity index (χ0) is 15.2. The molecule has 116 valence electrons. The molecule has 1 unspecified atom stereocenters. The van der Waals surface area contributed by atoms with Crippen molar-refractivity contribution in [2.75, 3.05) is 13.7 Å². The van der Waals surface area contributed by atoms with Gasteiger partial charge in [-0.15, -0.1) is 0 Å². The molecule has 1 amide bonds. The van der Waals surface area contributed by atoms with Crippen LogP contribution in [-0.2, 0) is 11.2 Å². The Morgan fingerprint density at radius 1 is 1.43 bits per heavy atom. The monoisotopic (exact) mass is 290 g/mol. The van der Waals surface area contributed by atoms with Crippen LogP contribution in [0.1, 0.15) is 50.3 Å². The molecule has 0 bridgehead atoms. The number of amides is 1. The molecule has 21 heavy (non-hydrogen) atoms. The number of aryl methyl sites for hydroxylation is 1. The molecule has 2 N–H and O–H groups in total. The molecule has 4 heteroatoms.